The van der Waals surface area contributed by atoms with Crippen molar-refractivity contribution in [2.45, 2.75) is 38.8 Å². The summed E-state index contributed by atoms with van der Waals surface area (Å²) in [5.74, 6) is 0. The van der Waals surface area contributed by atoms with Gasteiger partial charge in [-0.25, -0.2) is 0 Å². The van der Waals surface area contributed by atoms with Crippen LogP contribution in [0.25, 0.3) is 0 Å². The number of unbranched alkanes of at least 4 members (excludes halogenated alkanes) is 3. The van der Waals surface area contributed by atoms with Crippen molar-refractivity contribution < 1.29 is 25.1 Å². The fourth-order valence-electron chi connectivity index (χ4n) is 2.67. The van der Waals surface area contributed by atoms with Gasteiger partial charge in [0.2, 0.25) is 0 Å². The molecule has 0 unspecified atom stereocenters. The van der Waals surface area contributed by atoms with Crippen molar-refractivity contribution in [2.75, 3.05) is 13.1 Å². The Labute approximate surface area is 170 Å². The number of hydrogen-bond donors (Lipinski definition) is 0. The number of aliphatic imine (C=N–C) groups is 1. The first-order chi connectivity index (χ1) is 12.4. The fraction of sp³-hybridized carbons (Fsp3) is 0.421. The minimum atomic E-state index is 0. The number of pyridine rings is 2. The normalized spacial score (nSPS) is 10.7. The van der Waals surface area contributed by atoms with E-state index in [-0.39, 0.29) is 20.4 Å². The Kier molecular flexibility index (Phi) is 12.6. The Morgan fingerprint density at radius 3 is 2.08 bits per heavy atom. The molecule has 2 heterocycles. The number of nitrogens with zero attached hydrogens (tertiary/aromatic N) is 4. The second kappa shape index (κ2) is 14.6. The standard InChI is InChI=1S/C19H25BN4O.Re/c25-20-17-21-11-5-1-2-8-14-24(15-18-9-3-6-12-22-18)16-19-10-4-7-13-23-19;/h3-4,6-7,9-10,12-13,17H,1-2,5,8,11,14-16H2;. The first-order valence-electron chi connectivity index (χ1n) is 8.84. The van der Waals surface area contributed by atoms with Crippen LogP contribution in [0.4, 0.5) is 0 Å². The minimum absolute atomic E-state index is 0. The summed E-state index contributed by atoms with van der Waals surface area (Å²) in [6.07, 6.45) is 9.49. The molecular weight excluding hydrogens is 497 g/mol. The van der Waals surface area contributed by atoms with E-state index in [0.29, 0.717) is 0 Å². The van der Waals surface area contributed by atoms with Gasteiger partial charge in [0.05, 0.1) is 0 Å². The van der Waals surface area contributed by atoms with Crippen LogP contribution in [0.15, 0.2) is 53.8 Å². The third-order valence-electron chi connectivity index (χ3n) is 3.90. The second-order valence-corrected chi connectivity index (χ2v) is 5.96. The predicted molar refractivity (Wildman–Crippen MR) is 101 cm³/mol. The van der Waals surface area contributed by atoms with Gasteiger partial charge < -0.3 is 0 Å². The summed E-state index contributed by atoms with van der Waals surface area (Å²) in [5.41, 5.74) is 2.17. The van der Waals surface area contributed by atoms with Crippen LogP contribution in [-0.4, -0.2) is 41.2 Å². The van der Waals surface area contributed by atoms with Crippen LogP contribution in [0.3, 0.4) is 0 Å². The molecule has 0 saturated heterocycles. The molecule has 137 valence electrons. The van der Waals surface area contributed by atoms with E-state index in [9.17, 15) is 4.70 Å². The zero-order valence-electron chi connectivity index (χ0n) is 15.0. The molecule has 5 nitrogen and oxygen atoms in total. The average molecular weight is 522 g/mol. The van der Waals surface area contributed by atoms with Gasteiger partial charge in [-0.3, -0.25) is 0 Å². The van der Waals surface area contributed by atoms with Crippen molar-refractivity contribution in [2.24, 2.45) is 4.99 Å². The Hall–Kier alpha value is -1.54. The molecular formula is C19H25BN4ORe. The Bertz CT molecular complexity index is 586. The molecule has 2 aromatic rings. The zero-order valence-corrected chi connectivity index (χ0v) is 17.7. The van der Waals surface area contributed by atoms with E-state index < -0.39 is 0 Å². The van der Waals surface area contributed by atoms with Gasteiger partial charge in [-0.15, -0.1) is 0 Å². The van der Waals surface area contributed by atoms with Crippen LogP contribution in [0.5, 0.6) is 0 Å². The number of rotatable bonds is 12. The molecule has 0 saturated carbocycles. The van der Waals surface area contributed by atoms with E-state index in [1.807, 2.05) is 36.7 Å². The summed E-state index contributed by atoms with van der Waals surface area (Å²) in [5, 5.41) is 0. The van der Waals surface area contributed by atoms with Gasteiger partial charge in [-0.1, -0.05) is 12.1 Å². The van der Waals surface area contributed by atoms with Crippen LogP contribution in [-0.2, 0) is 38.2 Å². The molecule has 0 aromatic carbocycles. The first-order valence-corrected chi connectivity index (χ1v) is 8.84. The van der Waals surface area contributed by atoms with Gasteiger partial charge in [0.1, 0.15) is 0 Å². The zero-order chi connectivity index (χ0) is 17.6. The van der Waals surface area contributed by atoms with Crippen molar-refractivity contribution in [1.29, 1.82) is 0 Å². The summed E-state index contributed by atoms with van der Waals surface area (Å²) >= 11 is 0. The third-order valence-corrected chi connectivity index (χ3v) is 3.90. The molecule has 1 radical (unpaired) electrons. The molecule has 0 aliphatic carbocycles. The topological polar surface area (TPSA) is 58.5 Å². The monoisotopic (exact) mass is 523 g/mol. The summed E-state index contributed by atoms with van der Waals surface area (Å²) in [4.78, 5) is 15.3. The van der Waals surface area contributed by atoms with E-state index in [2.05, 4.69) is 32.0 Å². The molecule has 7 heteroatoms. The first kappa shape index (κ1) is 22.5. The molecule has 0 atom stereocenters. The molecule has 0 amide bonds. The van der Waals surface area contributed by atoms with Crippen LogP contribution in [0.1, 0.15) is 37.1 Å². The molecule has 2 rings (SSSR count). The van der Waals surface area contributed by atoms with Gasteiger partial charge in [-0.05, 0) is 12.1 Å². The third kappa shape index (κ3) is 9.81. The van der Waals surface area contributed by atoms with E-state index in [0.717, 1.165) is 70.4 Å². The SMILES string of the molecule is O=BC=NCCCCCCN(Cc1ccccn1)Cc1ccccn1.[Re]. The average Bonchev–Trinajstić information content (AvgIpc) is 2.65. The molecule has 0 aliphatic rings. The Morgan fingerprint density at radius 2 is 1.54 bits per heavy atom. The number of aromatic nitrogens is 2. The Balaban J connectivity index is 0.00000338. The molecule has 26 heavy (non-hydrogen) atoms. The second-order valence-electron chi connectivity index (χ2n) is 5.96. The van der Waals surface area contributed by atoms with Crippen LogP contribution in [0, 0.1) is 0 Å². The molecule has 0 N–H and O–H groups in total. The van der Waals surface area contributed by atoms with Crippen LogP contribution < -0.4 is 0 Å². The molecule has 2 aromatic heterocycles. The predicted octanol–water partition coefficient (Wildman–Crippen LogP) is 3.11. The van der Waals surface area contributed by atoms with Gasteiger partial charge in [0, 0.05) is 32.8 Å². The van der Waals surface area contributed by atoms with Crippen molar-refractivity contribution in [3.8, 4) is 0 Å². The maximum atomic E-state index is 10.2. The fourth-order valence-corrected chi connectivity index (χ4v) is 2.67. The van der Waals surface area contributed by atoms with E-state index >= 15 is 0 Å². The molecule has 0 bridgehead atoms. The quantitative estimate of drug-likeness (QED) is 0.244. The summed E-state index contributed by atoms with van der Waals surface area (Å²) < 4.78 is 10.2. The van der Waals surface area contributed by atoms with Crippen molar-refractivity contribution in [3.05, 3.63) is 60.2 Å². The van der Waals surface area contributed by atoms with E-state index in [4.69, 9.17) is 0 Å². The van der Waals surface area contributed by atoms with Crippen molar-refractivity contribution >= 4 is 13.3 Å². The maximum absolute atomic E-state index is 10.2. The minimum Gasteiger partial charge on any atom is -0.0589 e. The molecule has 0 aliphatic heterocycles. The Morgan fingerprint density at radius 1 is 0.923 bits per heavy atom. The van der Waals surface area contributed by atoms with E-state index in [1.165, 1.54) is 6.11 Å². The van der Waals surface area contributed by atoms with Crippen molar-refractivity contribution in [1.82, 2.24) is 14.9 Å². The molecule has 0 fully saturated rings. The van der Waals surface area contributed by atoms with Crippen LogP contribution >= 0.6 is 0 Å². The van der Waals surface area contributed by atoms with Gasteiger partial charge in [-0.2, -0.15) is 0 Å². The summed E-state index contributed by atoms with van der Waals surface area (Å²) in [6, 6.07) is 12.1. The smallest absolute Gasteiger partial charge is 0.0589 e. The van der Waals surface area contributed by atoms with E-state index in [1.54, 1.807) is 0 Å². The van der Waals surface area contributed by atoms with Gasteiger partial charge in [0.15, 0.2) is 0 Å². The van der Waals surface area contributed by atoms with Crippen LogP contribution in [0.2, 0.25) is 0 Å². The molecule has 0 spiro atoms. The number of hydrogen-bond acceptors (Lipinski definition) is 5. The van der Waals surface area contributed by atoms with Gasteiger partial charge >= 0.3 is 113 Å². The van der Waals surface area contributed by atoms with Gasteiger partial charge in [0.25, 0.3) is 0 Å². The summed E-state index contributed by atoms with van der Waals surface area (Å²) in [7, 11) is 0.729. The summed E-state index contributed by atoms with van der Waals surface area (Å²) in [6.45, 7) is 3.43. The van der Waals surface area contributed by atoms with Crippen molar-refractivity contribution in [3.63, 3.8) is 0 Å².